The zero-order valence-electron chi connectivity index (χ0n) is 8.73. The first kappa shape index (κ1) is 11.4. The van der Waals surface area contributed by atoms with Gasteiger partial charge in [0, 0.05) is 18.7 Å². The van der Waals surface area contributed by atoms with Crippen LogP contribution in [0, 0.1) is 0 Å². The largest absolute Gasteiger partial charge is 0.463 e. The molecule has 0 aromatic rings. The highest BCUT2D eigenvalue weighted by Gasteiger charge is 2.23. The summed E-state index contributed by atoms with van der Waals surface area (Å²) in [6.45, 7) is 3.56. The van der Waals surface area contributed by atoms with Crippen molar-refractivity contribution < 1.29 is 19.1 Å². The first-order valence-corrected chi connectivity index (χ1v) is 4.73. The molecule has 0 aliphatic carbocycles. The maximum Gasteiger partial charge on any atom is 0.307 e. The zero-order valence-corrected chi connectivity index (χ0v) is 8.73. The van der Waals surface area contributed by atoms with Crippen LogP contribution in [0.3, 0.4) is 0 Å². The Morgan fingerprint density at radius 1 is 1.33 bits per heavy atom. The van der Waals surface area contributed by atoms with Crippen molar-refractivity contribution in [2.45, 2.75) is 26.4 Å². The Hall–Kier alpha value is -1.65. The summed E-state index contributed by atoms with van der Waals surface area (Å²) in [4.78, 5) is 34.3. The number of hydrogen-bond acceptors (Lipinski definition) is 4. The maximum atomic E-state index is 11.1. The van der Waals surface area contributed by atoms with Gasteiger partial charge in [0.25, 0.3) is 11.8 Å². The fourth-order valence-corrected chi connectivity index (χ4v) is 1.18. The summed E-state index contributed by atoms with van der Waals surface area (Å²) in [6, 6.07) is 0. The van der Waals surface area contributed by atoms with Crippen LogP contribution in [-0.4, -0.2) is 35.3 Å². The lowest BCUT2D eigenvalue weighted by atomic mass is 10.4. The highest BCUT2D eigenvalue weighted by molar-refractivity contribution is 6.12. The van der Waals surface area contributed by atoms with Gasteiger partial charge in [0.15, 0.2) is 0 Å². The molecule has 0 saturated heterocycles. The molecule has 0 fully saturated rings. The van der Waals surface area contributed by atoms with Crippen molar-refractivity contribution in [2.75, 3.05) is 6.54 Å². The molecule has 5 heteroatoms. The van der Waals surface area contributed by atoms with Gasteiger partial charge in [-0.3, -0.25) is 19.3 Å². The first-order chi connectivity index (χ1) is 7.00. The van der Waals surface area contributed by atoms with Gasteiger partial charge < -0.3 is 4.74 Å². The van der Waals surface area contributed by atoms with Crippen molar-refractivity contribution >= 4 is 17.8 Å². The Balaban J connectivity index is 2.35. The van der Waals surface area contributed by atoms with Crippen molar-refractivity contribution in [3.63, 3.8) is 0 Å². The number of nitrogens with zero attached hydrogens (tertiary/aromatic N) is 1. The predicted molar refractivity (Wildman–Crippen MR) is 51.7 cm³/mol. The van der Waals surface area contributed by atoms with Crippen LogP contribution >= 0.6 is 0 Å². The minimum atomic E-state index is -0.405. The van der Waals surface area contributed by atoms with E-state index in [2.05, 4.69) is 0 Å². The Kier molecular flexibility index (Phi) is 3.60. The Morgan fingerprint density at radius 2 is 1.87 bits per heavy atom. The summed E-state index contributed by atoms with van der Waals surface area (Å²) in [5.74, 6) is -1.16. The van der Waals surface area contributed by atoms with E-state index in [9.17, 15) is 14.4 Å². The Morgan fingerprint density at radius 3 is 2.33 bits per heavy atom. The maximum absolute atomic E-state index is 11.1. The number of imide groups is 1. The van der Waals surface area contributed by atoms with Gasteiger partial charge in [-0.05, 0) is 13.8 Å². The molecule has 5 nitrogen and oxygen atoms in total. The first-order valence-electron chi connectivity index (χ1n) is 4.73. The molecule has 15 heavy (non-hydrogen) atoms. The third-order valence-corrected chi connectivity index (χ3v) is 1.81. The Labute approximate surface area is 87.7 Å². The van der Waals surface area contributed by atoms with Gasteiger partial charge in [0.2, 0.25) is 0 Å². The molecule has 1 aliphatic heterocycles. The van der Waals surface area contributed by atoms with E-state index < -0.39 is 5.97 Å². The van der Waals surface area contributed by atoms with Gasteiger partial charge in [-0.25, -0.2) is 0 Å². The van der Waals surface area contributed by atoms with Crippen molar-refractivity contribution in [1.29, 1.82) is 0 Å². The van der Waals surface area contributed by atoms with E-state index in [0.717, 1.165) is 4.90 Å². The van der Waals surface area contributed by atoms with Crippen molar-refractivity contribution in [3.8, 4) is 0 Å². The van der Waals surface area contributed by atoms with Gasteiger partial charge in [0.1, 0.15) is 0 Å². The number of hydrogen-bond donors (Lipinski definition) is 0. The monoisotopic (exact) mass is 211 g/mol. The summed E-state index contributed by atoms with van der Waals surface area (Å²) >= 11 is 0. The second-order valence-corrected chi connectivity index (χ2v) is 3.45. The lowest BCUT2D eigenvalue weighted by Gasteiger charge is -2.13. The van der Waals surface area contributed by atoms with Crippen LogP contribution in [-0.2, 0) is 19.1 Å². The number of esters is 1. The van der Waals surface area contributed by atoms with Gasteiger partial charge in [0.05, 0.1) is 12.5 Å². The van der Waals surface area contributed by atoms with Crippen LogP contribution in [0.15, 0.2) is 12.2 Å². The summed E-state index contributed by atoms with van der Waals surface area (Å²) in [5, 5.41) is 0. The summed E-state index contributed by atoms with van der Waals surface area (Å²) in [5.41, 5.74) is 0. The van der Waals surface area contributed by atoms with Crippen molar-refractivity contribution in [2.24, 2.45) is 0 Å². The normalized spacial score (nSPS) is 15.3. The van der Waals surface area contributed by atoms with E-state index in [1.165, 1.54) is 12.2 Å². The topological polar surface area (TPSA) is 63.7 Å². The lowest BCUT2D eigenvalue weighted by molar-refractivity contribution is -0.148. The molecule has 1 heterocycles. The number of carbonyl (C=O) groups excluding carboxylic acids is 3. The van der Waals surface area contributed by atoms with E-state index in [-0.39, 0.29) is 30.9 Å². The number of amides is 2. The molecule has 0 radical (unpaired) electrons. The van der Waals surface area contributed by atoms with E-state index in [1.54, 1.807) is 13.8 Å². The predicted octanol–water partition coefficient (Wildman–Crippen LogP) is 0.253. The molecule has 82 valence electrons. The third-order valence-electron chi connectivity index (χ3n) is 1.81. The second kappa shape index (κ2) is 4.72. The summed E-state index contributed by atoms with van der Waals surface area (Å²) in [6.07, 6.45) is 2.24. The molecular weight excluding hydrogens is 198 g/mol. The van der Waals surface area contributed by atoms with Gasteiger partial charge in [-0.1, -0.05) is 0 Å². The van der Waals surface area contributed by atoms with Crippen LogP contribution in [0.2, 0.25) is 0 Å². The van der Waals surface area contributed by atoms with Gasteiger partial charge >= 0.3 is 5.97 Å². The lowest BCUT2D eigenvalue weighted by Crippen LogP contribution is -2.32. The molecule has 1 rings (SSSR count). The number of carbonyl (C=O) groups is 3. The number of ether oxygens (including phenoxy) is 1. The molecule has 0 saturated carbocycles. The van der Waals surface area contributed by atoms with Crippen LogP contribution in [0.4, 0.5) is 0 Å². The van der Waals surface area contributed by atoms with Gasteiger partial charge in [-0.2, -0.15) is 0 Å². The quantitative estimate of drug-likeness (QED) is 0.494. The second-order valence-electron chi connectivity index (χ2n) is 3.45. The minimum absolute atomic E-state index is 0.0390. The third kappa shape index (κ3) is 3.19. The fourth-order valence-electron chi connectivity index (χ4n) is 1.18. The molecule has 2 amide bonds. The Bertz CT molecular complexity index is 301. The van der Waals surface area contributed by atoms with Crippen LogP contribution in [0.25, 0.3) is 0 Å². The smallest absolute Gasteiger partial charge is 0.307 e. The van der Waals surface area contributed by atoms with Crippen LogP contribution < -0.4 is 0 Å². The van der Waals surface area contributed by atoms with Crippen LogP contribution in [0.5, 0.6) is 0 Å². The SMILES string of the molecule is CC(C)OC(=O)CCN1C(=O)C=CC1=O. The van der Waals surface area contributed by atoms with E-state index in [0.29, 0.717) is 0 Å². The minimum Gasteiger partial charge on any atom is -0.463 e. The van der Waals surface area contributed by atoms with E-state index >= 15 is 0 Å². The number of rotatable bonds is 4. The van der Waals surface area contributed by atoms with Gasteiger partial charge in [-0.15, -0.1) is 0 Å². The molecule has 0 atom stereocenters. The molecule has 0 unspecified atom stereocenters. The fraction of sp³-hybridized carbons (Fsp3) is 0.500. The summed E-state index contributed by atoms with van der Waals surface area (Å²) in [7, 11) is 0. The molecule has 0 aromatic carbocycles. The van der Waals surface area contributed by atoms with E-state index in [1.807, 2.05) is 0 Å². The highest BCUT2D eigenvalue weighted by atomic mass is 16.5. The highest BCUT2D eigenvalue weighted by Crippen LogP contribution is 2.05. The van der Waals surface area contributed by atoms with Crippen molar-refractivity contribution in [3.05, 3.63) is 12.2 Å². The molecule has 0 N–H and O–H groups in total. The molecule has 0 aromatic heterocycles. The average molecular weight is 211 g/mol. The average Bonchev–Trinajstić information content (AvgIpc) is 2.42. The molecule has 0 spiro atoms. The standard InChI is InChI=1S/C10H13NO4/c1-7(2)15-10(14)5-6-11-8(12)3-4-9(11)13/h3-4,7H,5-6H2,1-2H3. The molecule has 0 bridgehead atoms. The molecule has 1 aliphatic rings. The van der Waals surface area contributed by atoms with Crippen molar-refractivity contribution in [1.82, 2.24) is 4.90 Å². The molecular formula is C10H13NO4. The van der Waals surface area contributed by atoms with Crippen LogP contribution in [0.1, 0.15) is 20.3 Å². The summed E-state index contributed by atoms with van der Waals surface area (Å²) < 4.78 is 4.87. The van der Waals surface area contributed by atoms with E-state index in [4.69, 9.17) is 4.74 Å². The zero-order chi connectivity index (χ0) is 11.4.